The summed E-state index contributed by atoms with van der Waals surface area (Å²) in [6.07, 6.45) is 0.315. The van der Waals surface area contributed by atoms with Crippen molar-refractivity contribution in [1.29, 1.82) is 0 Å². The van der Waals surface area contributed by atoms with Gasteiger partial charge >= 0.3 is 5.97 Å². The van der Waals surface area contributed by atoms with Crippen LogP contribution < -0.4 is 0 Å². The molecule has 0 bridgehead atoms. The molecule has 25 heavy (non-hydrogen) atoms. The lowest BCUT2D eigenvalue weighted by molar-refractivity contribution is -0.146. The maximum Gasteiger partial charge on any atom is 0.313 e. The van der Waals surface area contributed by atoms with Crippen LogP contribution in [0.2, 0.25) is 0 Å². The van der Waals surface area contributed by atoms with E-state index in [9.17, 15) is 22.8 Å². The monoisotopic (exact) mass is 350 g/mol. The second-order valence-corrected chi connectivity index (χ2v) is 5.56. The third-order valence-electron chi connectivity index (χ3n) is 3.53. The van der Waals surface area contributed by atoms with E-state index in [-0.39, 0.29) is 12.2 Å². The van der Waals surface area contributed by atoms with Crippen LogP contribution in [0, 0.1) is 17.5 Å². The van der Waals surface area contributed by atoms with Crippen LogP contribution in [-0.2, 0) is 27.2 Å². The number of esters is 1. The summed E-state index contributed by atoms with van der Waals surface area (Å²) in [6, 6.07) is 10.6. The van der Waals surface area contributed by atoms with Crippen LogP contribution in [0.4, 0.5) is 13.2 Å². The fourth-order valence-electron chi connectivity index (χ4n) is 2.29. The third kappa shape index (κ3) is 6.06. The number of benzene rings is 2. The first-order chi connectivity index (χ1) is 12.0. The van der Waals surface area contributed by atoms with Gasteiger partial charge in [0.15, 0.2) is 11.6 Å². The number of ether oxygens (including phenoxy) is 1. The first-order valence-corrected chi connectivity index (χ1v) is 7.80. The molecule has 0 radical (unpaired) electrons. The van der Waals surface area contributed by atoms with Crippen LogP contribution in [-0.4, -0.2) is 18.4 Å². The maximum absolute atomic E-state index is 13.5. The number of hydrogen-bond acceptors (Lipinski definition) is 3. The van der Waals surface area contributed by atoms with E-state index in [2.05, 4.69) is 0 Å². The van der Waals surface area contributed by atoms with Crippen LogP contribution in [0.5, 0.6) is 0 Å². The van der Waals surface area contributed by atoms with Gasteiger partial charge in [-0.3, -0.25) is 9.59 Å². The van der Waals surface area contributed by atoms with E-state index in [0.717, 1.165) is 12.0 Å². The minimum absolute atomic E-state index is 0.167. The van der Waals surface area contributed by atoms with Gasteiger partial charge in [0.25, 0.3) is 0 Å². The number of ketones is 1. The summed E-state index contributed by atoms with van der Waals surface area (Å²) in [5, 5.41) is 0. The molecule has 0 fully saturated rings. The highest BCUT2D eigenvalue weighted by Gasteiger charge is 2.16. The van der Waals surface area contributed by atoms with Crippen LogP contribution >= 0.6 is 0 Å². The molecule has 3 nitrogen and oxygen atoms in total. The highest BCUT2D eigenvalue weighted by Crippen LogP contribution is 2.15. The Kier molecular flexibility index (Phi) is 6.74. The zero-order valence-electron chi connectivity index (χ0n) is 13.4. The molecule has 0 aliphatic rings. The Bertz CT molecular complexity index is 745. The summed E-state index contributed by atoms with van der Waals surface area (Å²) in [5.41, 5.74) is 0.823. The van der Waals surface area contributed by atoms with E-state index in [1.54, 1.807) is 0 Å². The van der Waals surface area contributed by atoms with Crippen LogP contribution in [0.25, 0.3) is 0 Å². The zero-order chi connectivity index (χ0) is 18.2. The van der Waals surface area contributed by atoms with E-state index in [0.29, 0.717) is 18.6 Å². The van der Waals surface area contributed by atoms with Crippen molar-refractivity contribution in [3.63, 3.8) is 0 Å². The van der Waals surface area contributed by atoms with Gasteiger partial charge in [-0.2, -0.15) is 0 Å². The summed E-state index contributed by atoms with van der Waals surface area (Å²) in [5.74, 6) is -4.94. The van der Waals surface area contributed by atoms with Crippen molar-refractivity contribution >= 4 is 11.8 Å². The molecule has 0 aliphatic carbocycles. The summed E-state index contributed by atoms with van der Waals surface area (Å²) < 4.78 is 44.3. The van der Waals surface area contributed by atoms with Gasteiger partial charge in [0, 0.05) is 12.5 Å². The van der Waals surface area contributed by atoms with E-state index >= 15 is 0 Å². The smallest absolute Gasteiger partial charge is 0.313 e. The number of halogens is 3. The molecular weight excluding hydrogens is 333 g/mol. The number of aryl methyl sites for hydroxylation is 1. The van der Waals surface area contributed by atoms with Gasteiger partial charge in [0.1, 0.15) is 18.0 Å². The molecule has 0 aromatic heterocycles. The molecular formula is C19H17F3O3. The average Bonchev–Trinajstić information content (AvgIpc) is 2.57. The second kappa shape index (κ2) is 9.01. The van der Waals surface area contributed by atoms with Gasteiger partial charge in [-0.1, -0.05) is 30.3 Å². The Morgan fingerprint density at radius 2 is 1.60 bits per heavy atom. The molecule has 0 aliphatic heterocycles. The highest BCUT2D eigenvalue weighted by atomic mass is 19.2. The quantitative estimate of drug-likeness (QED) is 0.315. The van der Waals surface area contributed by atoms with Crippen molar-refractivity contribution in [2.75, 3.05) is 6.61 Å². The molecule has 0 saturated carbocycles. The molecule has 2 aromatic rings. The predicted octanol–water partition coefficient (Wildman–Crippen LogP) is 3.78. The topological polar surface area (TPSA) is 43.4 Å². The van der Waals surface area contributed by atoms with Gasteiger partial charge in [0.2, 0.25) is 0 Å². The molecule has 6 heteroatoms. The van der Waals surface area contributed by atoms with Gasteiger partial charge in [-0.05, 0) is 30.0 Å². The van der Waals surface area contributed by atoms with Crippen molar-refractivity contribution in [3.05, 3.63) is 71.0 Å². The molecule has 2 aromatic carbocycles. The molecule has 0 saturated heterocycles. The Hall–Kier alpha value is -2.63. The SMILES string of the molecule is O=C(CC(=O)OCCCc1ccccc1)Cc1cc(F)c(F)cc1F. The van der Waals surface area contributed by atoms with Gasteiger partial charge in [-0.15, -0.1) is 0 Å². The molecule has 132 valence electrons. The fraction of sp³-hybridized carbons (Fsp3) is 0.263. The summed E-state index contributed by atoms with van der Waals surface area (Å²) in [7, 11) is 0. The van der Waals surface area contributed by atoms with Crippen molar-refractivity contribution in [2.24, 2.45) is 0 Å². The zero-order valence-corrected chi connectivity index (χ0v) is 13.4. The number of hydrogen-bond donors (Lipinski definition) is 0. The summed E-state index contributed by atoms with van der Waals surface area (Å²) >= 11 is 0. The van der Waals surface area contributed by atoms with E-state index in [1.807, 2.05) is 30.3 Å². The Morgan fingerprint density at radius 1 is 0.920 bits per heavy atom. The first kappa shape index (κ1) is 18.7. The first-order valence-electron chi connectivity index (χ1n) is 7.80. The third-order valence-corrected chi connectivity index (χ3v) is 3.53. The summed E-state index contributed by atoms with van der Waals surface area (Å²) in [6.45, 7) is 0.167. The number of rotatable bonds is 8. The Balaban J connectivity index is 1.73. The highest BCUT2D eigenvalue weighted by molar-refractivity contribution is 5.96. The van der Waals surface area contributed by atoms with Gasteiger partial charge in [0.05, 0.1) is 6.61 Å². The van der Waals surface area contributed by atoms with Crippen molar-refractivity contribution < 1.29 is 27.5 Å². The normalized spacial score (nSPS) is 10.5. The van der Waals surface area contributed by atoms with Crippen LogP contribution in [0.3, 0.4) is 0 Å². The van der Waals surface area contributed by atoms with Crippen molar-refractivity contribution in [2.45, 2.75) is 25.7 Å². The average molecular weight is 350 g/mol. The van der Waals surface area contributed by atoms with E-state index < -0.39 is 42.0 Å². The Morgan fingerprint density at radius 3 is 2.32 bits per heavy atom. The summed E-state index contributed by atoms with van der Waals surface area (Å²) in [4.78, 5) is 23.3. The lowest BCUT2D eigenvalue weighted by atomic mass is 10.1. The lowest BCUT2D eigenvalue weighted by Crippen LogP contribution is -2.15. The minimum atomic E-state index is -1.33. The van der Waals surface area contributed by atoms with Crippen LogP contribution in [0.15, 0.2) is 42.5 Å². The molecule has 0 N–H and O–H groups in total. The molecule has 2 rings (SSSR count). The molecule has 0 spiro atoms. The predicted molar refractivity (Wildman–Crippen MR) is 85.4 cm³/mol. The molecule has 0 heterocycles. The number of carbonyl (C=O) groups is 2. The fourth-order valence-corrected chi connectivity index (χ4v) is 2.29. The molecule has 0 amide bonds. The van der Waals surface area contributed by atoms with E-state index in [4.69, 9.17) is 4.74 Å². The minimum Gasteiger partial charge on any atom is -0.465 e. The largest absolute Gasteiger partial charge is 0.465 e. The standard InChI is InChI=1S/C19H17F3O3/c20-16-12-18(22)17(21)10-14(16)9-15(23)11-19(24)25-8-4-7-13-5-2-1-3-6-13/h1-3,5-6,10,12H,4,7-9,11H2. The maximum atomic E-state index is 13.5. The molecule has 0 atom stereocenters. The number of carbonyl (C=O) groups excluding carboxylic acids is 2. The Labute approximate surface area is 143 Å². The molecule has 0 unspecified atom stereocenters. The van der Waals surface area contributed by atoms with Crippen LogP contribution in [0.1, 0.15) is 24.0 Å². The lowest BCUT2D eigenvalue weighted by Gasteiger charge is -2.06. The number of Topliss-reactive ketones (excluding diaryl/α,β-unsaturated/α-hetero) is 1. The van der Waals surface area contributed by atoms with E-state index in [1.165, 1.54) is 0 Å². The van der Waals surface area contributed by atoms with Gasteiger partial charge < -0.3 is 4.74 Å². The second-order valence-electron chi connectivity index (χ2n) is 5.56. The van der Waals surface area contributed by atoms with Crippen molar-refractivity contribution in [1.82, 2.24) is 0 Å². The van der Waals surface area contributed by atoms with Crippen molar-refractivity contribution in [3.8, 4) is 0 Å². The van der Waals surface area contributed by atoms with Gasteiger partial charge in [-0.25, -0.2) is 13.2 Å².